The number of hydrogen-bond donors (Lipinski definition) is 1. The van der Waals surface area contributed by atoms with Crippen molar-refractivity contribution in [1.29, 1.82) is 0 Å². The van der Waals surface area contributed by atoms with Crippen LogP contribution in [0.2, 0.25) is 0 Å². The number of nitrogens with zero attached hydrogens (tertiary/aromatic N) is 1. The summed E-state index contributed by atoms with van der Waals surface area (Å²) in [6.07, 6.45) is -0.334. The molecule has 1 aliphatic heterocycles. The summed E-state index contributed by atoms with van der Waals surface area (Å²) in [5.74, 6) is -0.426. The van der Waals surface area contributed by atoms with Crippen molar-refractivity contribution in [1.82, 2.24) is 0 Å². The predicted molar refractivity (Wildman–Crippen MR) is 95.8 cm³/mol. The lowest BCUT2D eigenvalue weighted by Crippen LogP contribution is -2.47. The van der Waals surface area contributed by atoms with Crippen molar-refractivity contribution in [2.75, 3.05) is 11.9 Å². The van der Waals surface area contributed by atoms with E-state index < -0.39 is 29.4 Å². The Hall–Kier alpha value is -2.84. The molecule has 0 aliphatic carbocycles. The Morgan fingerprint density at radius 2 is 2.07 bits per heavy atom. The second-order valence-corrected chi connectivity index (χ2v) is 6.40. The molecule has 1 N–H and O–H groups in total. The van der Waals surface area contributed by atoms with Crippen LogP contribution in [0, 0.1) is 10.1 Å². The lowest BCUT2D eigenvalue weighted by atomic mass is 9.99. The van der Waals surface area contributed by atoms with Crippen molar-refractivity contribution in [3.05, 3.63) is 69.8 Å². The number of carbonyl (C=O) groups is 1. The third-order valence-electron chi connectivity index (χ3n) is 4.45. The normalized spacial score (nSPS) is 22.2. The first-order chi connectivity index (χ1) is 12.9. The van der Waals surface area contributed by atoms with Gasteiger partial charge in [0.2, 0.25) is 0 Å². The first kappa shape index (κ1) is 18.9. The van der Waals surface area contributed by atoms with E-state index in [1.165, 1.54) is 18.2 Å². The number of nitro benzene ring substituents is 1. The highest BCUT2D eigenvalue weighted by atomic mass is 19.1. The minimum Gasteiger partial charge on any atom is -0.348 e. The first-order valence-corrected chi connectivity index (χ1v) is 8.42. The molecule has 7 nitrogen and oxygen atoms in total. The standard InChI is InChI=1S/C19H19FN2O5/c1-19(9-10-26-17(27-19)13-5-3-2-4-6-13)18(23)21-15-7-8-16(22(24)25)14(11-15)12-20/h2-8,11,17H,9-10,12H2,1H3,(H,21,23)/t17?,19-/m0/s1. The molecule has 8 heteroatoms. The third kappa shape index (κ3) is 4.12. The highest BCUT2D eigenvalue weighted by molar-refractivity contribution is 5.97. The molecule has 1 aliphatic rings. The largest absolute Gasteiger partial charge is 0.348 e. The number of alkyl halides is 1. The molecule has 2 aromatic rings. The van der Waals surface area contributed by atoms with Crippen molar-refractivity contribution in [3.8, 4) is 0 Å². The van der Waals surface area contributed by atoms with Crippen LogP contribution in [0.1, 0.15) is 30.8 Å². The lowest BCUT2D eigenvalue weighted by Gasteiger charge is -2.37. The van der Waals surface area contributed by atoms with Gasteiger partial charge < -0.3 is 14.8 Å². The molecule has 0 aromatic heterocycles. The molecular formula is C19H19FN2O5. The zero-order valence-electron chi connectivity index (χ0n) is 14.7. The van der Waals surface area contributed by atoms with Gasteiger partial charge in [0, 0.05) is 23.7 Å². The van der Waals surface area contributed by atoms with Gasteiger partial charge in [-0.2, -0.15) is 0 Å². The van der Waals surface area contributed by atoms with Crippen LogP contribution >= 0.6 is 0 Å². The Morgan fingerprint density at radius 1 is 1.33 bits per heavy atom. The minimum atomic E-state index is -1.16. The average Bonchev–Trinajstić information content (AvgIpc) is 2.68. The molecule has 0 bridgehead atoms. The van der Waals surface area contributed by atoms with Gasteiger partial charge in [0.05, 0.1) is 17.1 Å². The maximum atomic E-state index is 13.1. The summed E-state index contributed by atoms with van der Waals surface area (Å²) in [5, 5.41) is 13.6. The summed E-state index contributed by atoms with van der Waals surface area (Å²) in [4.78, 5) is 23.0. The first-order valence-electron chi connectivity index (χ1n) is 8.42. The number of amides is 1. The number of hydrogen-bond acceptors (Lipinski definition) is 5. The summed E-state index contributed by atoms with van der Waals surface area (Å²) in [7, 11) is 0. The van der Waals surface area contributed by atoms with Gasteiger partial charge in [-0.3, -0.25) is 14.9 Å². The summed E-state index contributed by atoms with van der Waals surface area (Å²) >= 11 is 0. The smallest absolute Gasteiger partial charge is 0.275 e. The topological polar surface area (TPSA) is 90.7 Å². The van der Waals surface area contributed by atoms with Gasteiger partial charge >= 0.3 is 0 Å². The van der Waals surface area contributed by atoms with Crippen LogP contribution in [0.15, 0.2) is 48.5 Å². The number of anilines is 1. The highest BCUT2D eigenvalue weighted by Gasteiger charge is 2.41. The fourth-order valence-corrected chi connectivity index (χ4v) is 2.84. The number of rotatable bonds is 5. The van der Waals surface area contributed by atoms with Crippen LogP contribution in [0.4, 0.5) is 15.8 Å². The van der Waals surface area contributed by atoms with Crippen molar-refractivity contribution in [2.45, 2.75) is 31.9 Å². The van der Waals surface area contributed by atoms with E-state index in [-0.39, 0.29) is 16.9 Å². The number of benzene rings is 2. The van der Waals surface area contributed by atoms with E-state index >= 15 is 0 Å². The zero-order valence-corrected chi connectivity index (χ0v) is 14.7. The van der Waals surface area contributed by atoms with Crippen molar-refractivity contribution in [2.24, 2.45) is 0 Å². The molecule has 1 unspecified atom stereocenters. The number of nitrogens with one attached hydrogen (secondary N) is 1. The van der Waals surface area contributed by atoms with E-state index in [0.717, 1.165) is 5.56 Å². The molecule has 27 heavy (non-hydrogen) atoms. The van der Waals surface area contributed by atoms with Gasteiger partial charge in [-0.05, 0) is 19.1 Å². The second kappa shape index (κ2) is 7.81. The van der Waals surface area contributed by atoms with Crippen LogP contribution in [0.3, 0.4) is 0 Å². The lowest BCUT2D eigenvalue weighted by molar-refractivity contribution is -0.385. The van der Waals surface area contributed by atoms with E-state index in [1.54, 1.807) is 6.92 Å². The van der Waals surface area contributed by atoms with Gasteiger partial charge in [0.1, 0.15) is 12.3 Å². The van der Waals surface area contributed by atoms with Crippen LogP contribution in [-0.4, -0.2) is 23.0 Å². The van der Waals surface area contributed by atoms with E-state index in [4.69, 9.17) is 9.47 Å². The molecule has 2 aromatic carbocycles. The monoisotopic (exact) mass is 374 g/mol. The van der Waals surface area contributed by atoms with Crippen molar-refractivity contribution < 1.29 is 23.6 Å². The molecule has 1 heterocycles. The zero-order chi connectivity index (χ0) is 19.4. The summed E-state index contributed by atoms with van der Waals surface area (Å²) < 4.78 is 24.6. The number of ether oxygens (including phenoxy) is 2. The van der Waals surface area contributed by atoms with Gasteiger partial charge in [-0.1, -0.05) is 30.3 Å². The molecule has 0 radical (unpaired) electrons. The Balaban J connectivity index is 1.76. The number of nitro groups is 1. The molecule has 0 saturated carbocycles. The SMILES string of the molecule is C[C@@]1(C(=O)Nc2ccc([N+](=O)[O-])c(CF)c2)CCOC(c2ccccc2)O1. The number of carbonyl (C=O) groups excluding carboxylic acids is 1. The maximum absolute atomic E-state index is 13.1. The molecule has 1 amide bonds. The van der Waals surface area contributed by atoms with E-state index in [2.05, 4.69) is 5.32 Å². The molecule has 1 fully saturated rings. The van der Waals surface area contributed by atoms with E-state index in [1.807, 2.05) is 30.3 Å². The Kier molecular flexibility index (Phi) is 5.48. The van der Waals surface area contributed by atoms with Crippen molar-refractivity contribution in [3.63, 3.8) is 0 Å². The van der Waals surface area contributed by atoms with Gasteiger partial charge in [0.15, 0.2) is 6.29 Å². The van der Waals surface area contributed by atoms with Crippen molar-refractivity contribution >= 4 is 17.3 Å². The Morgan fingerprint density at radius 3 is 2.74 bits per heavy atom. The molecule has 142 valence electrons. The number of halogens is 1. The molecule has 1 saturated heterocycles. The van der Waals surface area contributed by atoms with Crippen LogP contribution in [0.5, 0.6) is 0 Å². The van der Waals surface area contributed by atoms with Crippen LogP contribution < -0.4 is 5.32 Å². The third-order valence-corrected chi connectivity index (χ3v) is 4.45. The Labute approximate surface area is 155 Å². The molecule has 0 spiro atoms. The molecular weight excluding hydrogens is 355 g/mol. The summed E-state index contributed by atoms with van der Waals surface area (Å²) in [6.45, 7) is 0.986. The van der Waals surface area contributed by atoms with Gasteiger partial charge in [-0.15, -0.1) is 0 Å². The second-order valence-electron chi connectivity index (χ2n) is 6.40. The highest BCUT2D eigenvalue weighted by Crippen LogP contribution is 2.34. The van der Waals surface area contributed by atoms with Crippen LogP contribution in [0.25, 0.3) is 0 Å². The van der Waals surface area contributed by atoms with Crippen LogP contribution in [-0.2, 0) is 20.9 Å². The van der Waals surface area contributed by atoms with E-state index in [9.17, 15) is 19.3 Å². The average molecular weight is 374 g/mol. The Bertz CT molecular complexity index is 845. The molecule has 2 atom stereocenters. The minimum absolute atomic E-state index is 0.0991. The molecule has 3 rings (SSSR count). The fourth-order valence-electron chi connectivity index (χ4n) is 2.84. The van der Waals surface area contributed by atoms with E-state index in [0.29, 0.717) is 13.0 Å². The van der Waals surface area contributed by atoms with Gasteiger partial charge in [-0.25, -0.2) is 4.39 Å². The quantitative estimate of drug-likeness (QED) is 0.633. The fraction of sp³-hybridized carbons (Fsp3) is 0.316. The maximum Gasteiger partial charge on any atom is 0.275 e. The summed E-state index contributed by atoms with van der Waals surface area (Å²) in [6, 6.07) is 13.1. The predicted octanol–water partition coefficient (Wildman–Crippen LogP) is 3.90. The van der Waals surface area contributed by atoms with Gasteiger partial charge in [0.25, 0.3) is 11.6 Å². The summed E-state index contributed by atoms with van der Waals surface area (Å²) in [5.41, 5.74) is -0.514.